The Morgan fingerprint density at radius 3 is 2.60 bits per heavy atom. The number of nitrogens with zero attached hydrogens (tertiary/aromatic N) is 2. The predicted octanol–water partition coefficient (Wildman–Crippen LogP) is -0.142. The van der Waals surface area contributed by atoms with Crippen LogP contribution in [0.2, 0.25) is 0 Å². The van der Waals surface area contributed by atoms with Crippen molar-refractivity contribution in [3.05, 3.63) is 0 Å². The number of rotatable bonds is 10. The third-order valence-electron chi connectivity index (χ3n) is 10.9. The molecule has 0 bridgehead atoms. The summed E-state index contributed by atoms with van der Waals surface area (Å²) in [6, 6.07) is 0.843. The molecule has 6 fully saturated rings. The Bertz CT molecular complexity index is 931. The van der Waals surface area contributed by atoms with E-state index in [4.69, 9.17) is 9.47 Å². The second-order valence-electron chi connectivity index (χ2n) is 14.0. The van der Waals surface area contributed by atoms with E-state index in [0.717, 1.165) is 57.9 Å². The molecule has 1 saturated carbocycles. The summed E-state index contributed by atoms with van der Waals surface area (Å²) in [6.45, 7) is 10.4. The monoisotopic (exact) mass is 604 g/mol. The van der Waals surface area contributed by atoms with Crippen LogP contribution in [0.5, 0.6) is 0 Å². The van der Waals surface area contributed by atoms with Gasteiger partial charge in [0.2, 0.25) is 11.8 Å². The first-order chi connectivity index (χ1) is 20.9. The second-order valence-corrected chi connectivity index (χ2v) is 14.0. The van der Waals surface area contributed by atoms with Gasteiger partial charge in [-0.1, -0.05) is 6.42 Å². The van der Waals surface area contributed by atoms with E-state index in [1.165, 1.54) is 32.1 Å². The van der Waals surface area contributed by atoms with Crippen molar-refractivity contribution in [2.45, 2.75) is 120 Å². The van der Waals surface area contributed by atoms with E-state index in [0.29, 0.717) is 50.4 Å². The zero-order chi connectivity index (χ0) is 29.8. The van der Waals surface area contributed by atoms with Gasteiger partial charge in [0.15, 0.2) is 0 Å². The summed E-state index contributed by atoms with van der Waals surface area (Å²) >= 11 is 0. The van der Waals surface area contributed by atoms with Crippen LogP contribution in [0.1, 0.15) is 71.6 Å². The van der Waals surface area contributed by atoms with E-state index < -0.39 is 0 Å². The van der Waals surface area contributed by atoms with Gasteiger partial charge in [0, 0.05) is 64.2 Å². The van der Waals surface area contributed by atoms with Crippen LogP contribution < -0.4 is 31.9 Å². The van der Waals surface area contributed by atoms with Crippen LogP contribution in [0.25, 0.3) is 0 Å². The van der Waals surface area contributed by atoms with Crippen molar-refractivity contribution in [1.29, 1.82) is 0 Å². The average molecular weight is 605 g/mol. The molecule has 6 rings (SSSR count). The van der Waals surface area contributed by atoms with Gasteiger partial charge in [-0.05, 0) is 70.3 Å². The molecule has 8 unspecified atom stereocenters. The fraction of sp³-hybridized carbons (Fsp3) is 0.935. The minimum Gasteiger partial charge on any atom is -0.375 e. The van der Waals surface area contributed by atoms with Crippen LogP contribution in [0.4, 0.5) is 0 Å². The molecule has 12 nitrogen and oxygen atoms in total. The van der Waals surface area contributed by atoms with Crippen LogP contribution in [-0.4, -0.2) is 123 Å². The fourth-order valence-corrected chi connectivity index (χ4v) is 8.07. The van der Waals surface area contributed by atoms with Crippen molar-refractivity contribution in [1.82, 2.24) is 41.7 Å². The van der Waals surface area contributed by atoms with Gasteiger partial charge in [-0.3, -0.25) is 35.8 Å². The average Bonchev–Trinajstić information content (AvgIpc) is 3.42. The maximum absolute atomic E-state index is 13.4. The smallest absolute Gasteiger partial charge is 0.237 e. The molecule has 5 aliphatic heterocycles. The number of carbonyl (C=O) groups is 2. The number of likely N-dealkylation sites (tertiary alicyclic amines) is 2. The van der Waals surface area contributed by atoms with E-state index in [9.17, 15) is 9.59 Å². The van der Waals surface area contributed by atoms with E-state index in [1.807, 2.05) is 4.90 Å². The minimum absolute atomic E-state index is 0.0203. The Balaban J connectivity index is 0.923. The molecule has 43 heavy (non-hydrogen) atoms. The van der Waals surface area contributed by atoms with E-state index in [-0.39, 0.29) is 42.5 Å². The SMILES string of the molecule is CC(=O)N1CC(NC2CC(C(=O)NCC[C@@H]3CC4CCC(OCC5OCNC5C)CC4CN3)NC(N3CCCCC3)N2)C1. The van der Waals surface area contributed by atoms with Crippen molar-refractivity contribution >= 4 is 11.8 Å². The lowest BCUT2D eigenvalue weighted by Gasteiger charge is -2.47. The number of hydrogen-bond donors (Lipinski definition) is 6. The van der Waals surface area contributed by atoms with Crippen LogP contribution in [-0.2, 0) is 19.1 Å². The van der Waals surface area contributed by atoms with E-state index in [1.54, 1.807) is 6.92 Å². The molecule has 12 heteroatoms. The van der Waals surface area contributed by atoms with Gasteiger partial charge >= 0.3 is 0 Å². The molecule has 2 amide bonds. The molecule has 1 aliphatic carbocycles. The van der Waals surface area contributed by atoms with Crippen LogP contribution in [0.3, 0.4) is 0 Å². The van der Waals surface area contributed by atoms with Gasteiger partial charge in [-0.15, -0.1) is 0 Å². The molecule has 6 aliphatic rings. The first-order valence-corrected chi connectivity index (χ1v) is 17.2. The molecule has 0 aromatic rings. The summed E-state index contributed by atoms with van der Waals surface area (Å²) in [5.41, 5.74) is 0. The maximum atomic E-state index is 13.4. The minimum atomic E-state index is -0.248. The highest BCUT2D eigenvalue weighted by atomic mass is 16.5. The third kappa shape index (κ3) is 8.26. The normalized spacial score (nSPS) is 39.2. The lowest BCUT2D eigenvalue weighted by atomic mass is 9.72. The Morgan fingerprint density at radius 2 is 1.84 bits per heavy atom. The molecule has 5 heterocycles. The Morgan fingerprint density at radius 1 is 1.00 bits per heavy atom. The zero-order valence-electron chi connectivity index (χ0n) is 26.3. The lowest BCUT2D eigenvalue weighted by molar-refractivity contribution is -0.133. The zero-order valence-corrected chi connectivity index (χ0v) is 26.3. The van der Waals surface area contributed by atoms with Crippen molar-refractivity contribution in [2.75, 3.05) is 52.6 Å². The van der Waals surface area contributed by atoms with Gasteiger partial charge in [0.1, 0.15) is 6.29 Å². The number of carbonyl (C=O) groups excluding carboxylic acids is 2. The van der Waals surface area contributed by atoms with Crippen LogP contribution in [0.15, 0.2) is 0 Å². The highest BCUT2D eigenvalue weighted by Gasteiger charge is 2.39. The number of hydrogen-bond acceptors (Lipinski definition) is 10. The van der Waals surface area contributed by atoms with Gasteiger partial charge in [-0.2, -0.15) is 0 Å². The number of fused-ring (bicyclic) bond motifs is 1. The number of amides is 2. The quantitative estimate of drug-likeness (QED) is 0.200. The summed E-state index contributed by atoms with van der Waals surface area (Å²) in [5.74, 6) is 1.65. The largest absolute Gasteiger partial charge is 0.375 e. The molecular formula is C31H56N8O4. The van der Waals surface area contributed by atoms with Gasteiger partial charge in [0.05, 0.1) is 37.8 Å². The number of piperidine rings is 2. The summed E-state index contributed by atoms with van der Waals surface area (Å²) in [5, 5.41) is 21.4. The van der Waals surface area contributed by atoms with E-state index >= 15 is 0 Å². The molecular weight excluding hydrogens is 548 g/mol. The van der Waals surface area contributed by atoms with Crippen molar-refractivity contribution in [3.63, 3.8) is 0 Å². The topological polar surface area (TPSA) is 131 Å². The molecule has 9 atom stereocenters. The van der Waals surface area contributed by atoms with Crippen molar-refractivity contribution in [2.24, 2.45) is 11.8 Å². The standard InChI is InChI=1S/C31H56N8O4/c1-20-28(43-19-34-20)18-42-26-7-6-22-12-24(33-15-23(22)13-26)8-9-32-30(41)27-14-29(35-25-16-39(17-25)21(2)40)37-31(36-27)38-10-4-3-5-11-38/h20,22-29,31,33-37H,3-19H2,1-2H3,(H,32,41)/t20?,22?,23?,24-,26?,27?,28?,29?,31?/m1/s1. The van der Waals surface area contributed by atoms with Gasteiger partial charge < -0.3 is 25.0 Å². The van der Waals surface area contributed by atoms with E-state index in [2.05, 4.69) is 43.7 Å². The molecule has 5 saturated heterocycles. The molecule has 0 aromatic carbocycles. The highest BCUT2D eigenvalue weighted by molar-refractivity contribution is 5.82. The molecule has 244 valence electrons. The highest BCUT2D eigenvalue weighted by Crippen LogP contribution is 2.37. The molecule has 0 aromatic heterocycles. The summed E-state index contributed by atoms with van der Waals surface area (Å²) in [4.78, 5) is 29.3. The number of ether oxygens (including phenoxy) is 2. The maximum Gasteiger partial charge on any atom is 0.237 e. The Kier molecular flexibility index (Phi) is 10.9. The molecule has 6 N–H and O–H groups in total. The summed E-state index contributed by atoms with van der Waals surface area (Å²) in [7, 11) is 0. The predicted molar refractivity (Wildman–Crippen MR) is 164 cm³/mol. The molecule has 0 radical (unpaired) electrons. The number of nitrogens with one attached hydrogen (secondary N) is 6. The summed E-state index contributed by atoms with van der Waals surface area (Å²) in [6.07, 6.45) is 10.5. The lowest BCUT2D eigenvalue weighted by Crippen LogP contribution is -2.73. The van der Waals surface area contributed by atoms with Crippen molar-refractivity contribution in [3.8, 4) is 0 Å². The van der Waals surface area contributed by atoms with Crippen molar-refractivity contribution < 1.29 is 19.1 Å². The second kappa shape index (κ2) is 14.8. The van der Waals surface area contributed by atoms with Crippen LogP contribution in [0, 0.1) is 11.8 Å². The first kappa shape index (κ1) is 31.6. The molecule has 0 spiro atoms. The van der Waals surface area contributed by atoms with Gasteiger partial charge in [0.25, 0.3) is 0 Å². The summed E-state index contributed by atoms with van der Waals surface area (Å²) < 4.78 is 12.0. The third-order valence-corrected chi connectivity index (χ3v) is 10.9. The Labute approximate surface area is 257 Å². The van der Waals surface area contributed by atoms with Crippen LogP contribution >= 0.6 is 0 Å². The fourth-order valence-electron chi connectivity index (χ4n) is 8.07. The first-order valence-electron chi connectivity index (χ1n) is 17.2. The Hall–Kier alpha value is -1.38. The van der Waals surface area contributed by atoms with Gasteiger partial charge in [-0.25, -0.2) is 0 Å².